The Bertz CT molecular complexity index is 345. The topological polar surface area (TPSA) is 29.5 Å². The van der Waals surface area contributed by atoms with Gasteiger partial charge in [-0.15, -0.1) is 0 Å². The van der Waals surface area contributed by atoms with E-state index in [2.05, 4.69) is 15.9 Å². The van der Waals surface area contributed by atoms with Crippen LogP contribution in [0.5, 0.6) is 5.75 Å². The molecule has 82 valence electrons. The average molecular weight is 271 g/mol. The van der Waals surface area contributed by atoms with E-state index in [0.717, 1.165) is 15.8 Å². The molecule has 1 aromatic rings. The molecule has 1 rings (SSSR count). The molecule has 0 aliphatic carbocycles. The highest BCUT2D eigenvalue weighted by Crippen LogP contribution is 2.28. The fourth-order valence-corrected chi connectivity index (χ4v) is 1.55. The first kappa shape index (κ1) is 12.3. The fourth-order valence-electron chi connectivity index (χ4n) is 1.21. The van der Waals surface area contributed by atoms with Gasteiger partial charge in [0, 0.05) is 10.0 Å². The third-order valence-electron chi connectivity index (χ3n) is 2.00. The summed E-state index contributed by atoms with van der Waals surface area (Å²) in [6.45, 7) is 4.19. The average Bonchev–Trinajstić information content (AvgIpc) is 2.18. The molecule has 0 bridgehead atoms. The highest BCUT2D eigenvalue weighted by atomic mass is 79.9. The summed E-state index contributed by atoms with van der Waals surface area (Å²) in [6.07, 6.45) is 3.34. The van der Waals surface area contributed by atoms with Crippen LogP contribution in [0.2, 0.25) is 0 Å². The first-order chi connectivity index (χ1) is 7.15. The number of allylic oxidation sites excluding steroid dienone is 1. The molecule has 0 spiro atoms. The van der Waals surface area contributed by atoms with E-state index in [4.69, 9.17) is 4.74 Å². The number of benzene rings is 1. The van der Waals surface area contributed by atoms with Gasteiger partial charge < -0.3 is 9.84 Å². The lowest BCUT2D eigenvalue weighted by Gasteiger charge is -2.12. The van der Waals surface area contributed by atoms with Crippen LogP contribution < -0.4 is 4.74 Å². The third-order valence-corrected chi connectivity index (χ3v) is 2.49. The zero-order valence-corrected chi connectivity index (χ0v) is 10.5. The number of hydrogen-bond acceptors (Lipinski definition) is 2. The maximum atomic E-state index is 9.54. The molecule has 2 nitrogen and oxygen atoms in total. The van der Waals surface area contributed by atoms with Crippen molar-refractivity contribution in [2.24, 2.45) is 0 Å². The van der Waals surface area contributed by atoms with Crippen molar-refractivity contribution in [2.75, 3.05) is 6.61 Å². The van der Waals surface area contributed by atoms with Crippen molar-refractivity contribution in [3.05, 3.63) is 40.4 Å². The van der Waals surface area contributed by atoms with E-state index in [1.807, 2.05) is 37.3 Å². The van der Waals surface area contributed by atoms with Crippen molar-refractivity contribution >= 4 is 15.9 Å². The number of hydrogen-bond donors (Lipinski definition) is 1. The van der Waals surface area contributed by atoms with E-state index >= 15 is 0 Å². The van der Waals surface area contributed by atoms with E-state index < -0.39 is 6.10 Å². The van der Waals surface area contributed by atoms with Crippen LogP contribution in [-0.2, 0) is 0 Å². The molecular formula is C12H15BrO2. The van der Waals surface area contributed by atoms with Gasteiger partial charge in [0.2, 0.25) is 0 Å². The quantitative estimate of drug-likeness (QED) is 0.850. The highest BCUT2D eigenvalue weighted by molar-refractivity contribution is 9.10. The van der Waals surface area contributed by atoms with Gasteiger partial charge in [0.05, 0.1) is 6.10 Å². The Morgan fingerprint density at radius 3 is 2.87 bits per heavy atom. The Morgan fingerprint density at radius 1 is 1.53 bits per heavy atom. The minimum absolute atomic E-state index is 0.515. The van der Waals surface area contributed by atoms with Crippen LogP contribution in [0.4, 0.5) is 0 Å². The lowest BCUT2D eigenvalue weighted by Crippen LogP contribution is -2.00. The summed E-state index contributed by atoms with van der Waals surface area (Å²) in [5, 5.41) is 9.54. The van der Waals surface area contributed by atoms with Crippen molar-refractivity contribution in [3.8, 4) is 5.75 Å². The molecule has 1 atom stereocenters. The Balaban J connectivity index is 2.86. The molecule has 15 heavy (non-hydrogen) atoms. The molecule has 0 aliphatic heterocycles. The summed E-state index contributed by atoms with van der Waals surface area (Å²) in [5.74, 6) is 0.720. The summed E-state index contributed by atoms with van der Waals surface area (Å²) < 4.78 is 6.49. The molecule has 0 amide bonds. The Morgan fingerprint density at radius 2 is 2.27 bits per heavy atom. The third kappa shape index (κ3) is 3.68. The van der Waals surface area contributed by atoms with Crippen LogP contribution in [-0.4, -0.2) is 11.7 Å². The summed E-state index contributed by atoms with van der Waals surface area (Å²) in [6, 6.07) is 5.62. The predicted molar refractivity (Wildman–Crippen MR) is 65.1 cm³/mol. The molecule has 0 radical (unpaired) electrons. The molecule has 0 fully saturated rings. The molecule has 0 saturated carbocycles. The van der Waals surface area contributed by atoms with E-state index in [-0.39, 0.29) is 0 Å². The van der Waals surface area contributed by atoms with E-state index in [0.29, 0.717) is 6.61 Å². The zero-order chi connectivity index (χ0) is 11.3. The minimum atomic E-state index is -0.515. The van der Waals surface area contributed by atoms with Gasteiger partial charge in [-0.2, -0.15) is 0 Å². The fraction of sp³-hybridized carbons (Fsp3) is 0.333. The van der Waals surface area contributed by atoms with Gasteiger partial charge in [-0.3, -0.25) is 0 Å². The standard InChI is InChI=1S/C12H15BrO2/c1-3-4-7-15-12-8-10(13)5-6-11(12)9(2)14/h3-6,8-9,14H,7H2,1-2H3/b4-3+. The van der Waals surface area contributed by atoms with Crippen LogP contribution in [0.3, 0.4) is 0 Å². The van der Waals surface area contributed by atoms with E-state index in [1.165, 1.54) is 0 Å². The molecule has 0 saturated heterocycles. The van der Waals surface area contributed by atoms with E-state index in [9.17, 15) is 5.11 Å². The van der Waals surface area contributed by atoms with Crippen molar-refractivity contribution < 1.29 is 9.84 Å². The van der Waals surface area contributed by atoms with Crippen LogP contribution in [0.1, 0.15) is 25.5 Å². The Labute approximate surface area is 98.7 Å². The predicted octanol–water partition coefficient (Wildman–Crippen LogP) is 3.46. The van der Waals surface area contributed by atoms with Crippen LogP contribution in [0.15, 0.2) is 34.8 Å². The maximum Gasteiger partial charge on any atom is 0.126 e. The maximum absolute atomic E-state index is 9.54. The second-order valence-electron chi connectivity index (χ2n) is 3.24. The van der Waals surface area contributed by atoms with Gasteiger partial charge in [-0.25, -0.2) is 0 Å². The van der Waals surface area contributed by atoms with Gasteiger partial charge >= 0.3 is 0 Å². The van der Waals surface area contributed by atoms with Gasteiger partial charge in [0.1, 0.15) is 12.4 Å². The molecule has 1 N–H and O–H groups in total. The first-order valence-electron chi connectivity index (χ1n) is 4.86. The van der Waals surface area contributed by atoms with Crippen LogP contribution in [0, 0.1) is 0 Å². The van der Waals surface area contributed by atoms with Crippen LogP contribution >= 0.6 is 15.9 Å². The summed E-state index contributed by atoms with van der Waals surface area (Å²) in [5.41, 5.74) is 0.808. The molecule has 0 aliphatic rings. The number of aliphatic hydroxyl groups excluding tert-OH is 1. The lowest BCUT2D eigenvalue weighted by atomic mass is 10.1. The van der Waals surface area contributed by atoms with Crippen molar-refractivity contribution in [1.29, 1.82) is 0 Å². The molecule has 1 aromatic carbocycles. The number of halogens is 1. The smallest absolute Gasteiger partial charge is 0.126 e. The molecule has 1 unspecified atom stereocenters. The second-order valence-corrected chi connectivity index (χ2v) is 4.15. The van der Waals surface area contributed by atoms with Crippen molar-refractivity contribution in [3.63, 3.8) is 0 Å². The molecule has 0 aromatic heterocycles. The highest BCUT2D eigenvalue weighted by Gasteiger charge is 2.08. The normalized spacial score (nSPS) is 13.1. The van der Waals surface area contributed by atoms with E-state index in [1.54, 1.807) is 6.92 Å². The number of rotatable bonds is 4. The van der Waals surface area contributed by atoms with Crippen molar-refractivity contribution in [1.82, 2.24) is 0 Å². The Hall–Kier alpha value is -0.800. The number of aliphatic hydroxyl groups is 1. The minimum Gasteiger partial charge on any atom is -0.489 e. The molecule has 0 heterocycles. The van der Waals surface area contributed by atoms with Gasteiger partial charge in [0.15, 0.2) is 0 Å². The Kier molecular flexibility index (Phi) is 4.85. The number of ether oxygens (including phenoxy) is 1. The zero-order valence-electron chi connectivity index (χ0n) is 8.90. The molecule has 3 heteroatoms. The van der Waals surface area contributed by atoms with Crippen LogP contribution in [0.25, 0.3) is 0 Å². The van der Waals surface area contributed by atoms with Gasteiger partial charge in [-0.05, 0) is 26.0 Å². The van der Waals surface area contributed by atoms with Crippen molar-refractivity contribution in [2.45, 2.75) is 20.0 Å². The summed E-state index contributed by atoms with van der Waals surface area (Å²) >= 11 is 3.37. The second kappa shape index (κ2) is 5.93. The monoisotopic (exact) mass is 270 g/mol. The summed E-state index contributed by atoms with van der Waals surface area (Å²) in [4.78, 5) is 0. The lowest BCUT2D eigenvalue weighted by molar-refractivity contribution is 0.193. The summed E-state index contributed by atoms with van der Waals surface area (Å²) in [7, 11) is 0. The largest absolute Gasteiger partial charge is 0.489 e. The van der Waals surface area contributed by atoms with Gasteiger partial charge in [-0.1, -0.05) is 34.1 Å². The molecular weight excluding hydrogens is 256 g/mol. The SMILES string of the molecule is C/C=C/COc1cc(Br)ccc1C(C)O. The van der Waals surface area contributed by atoms with Gasteiger partial charge in [0.25, 0.3) is 0 Å². The first-order valence-corrected chi connectivity index (χ1v) is 5.66.